The van der Waals surface area contributed by atoms with Gasteiger partial charge in [-0.1, -0.05) is 23.7 Å². The molecule has 2 amide bonds. The maximum Gasteiger partial charge on any atom is 0.335 e. The van der Waals surface area contributed by atoms with Crippen LogP contribution in [0.25, 0.3) is 0 Å². The second-order valence-electron chi connectivity index (χ2n) is 4.85. The van der Waals surface area contributed by atoms with Gasteiger partial charge in [0.2, 0.25) is 0 Å². The van der Waals surface area contributed by atoms with Gasteiger partial charge in [0, 0.05) is 5.02 Å². The summed E-state index contributed by atoms with van der Waals surface area (Å²) in [5, 5.41) is 9.32. The van der Waals surface area contributed by atoms with E-state index in [-0.39, 0.29) is 12.1 Å². The number of carboxylic acids is 1. The van der Waals surface area contributed by atoms with Crippen molar-refractivity contribution in [3.8, 4) is 0 Å². The molecule has 0 unspecified atom stereocenters. The number of aromatic carboxylic acids is 1. The number of fused-ring (bicyclic) bond motifs is 1. The van der Waals surface area contributed by atoms with E-state index in [0.717, 1.165) is 4.90 Å². The molecule has 1 aliphatic heterocycles. The van der Waals surface area contributed by atoms with Crippen LogP contribution in [-0.2, 0) is 6.54 Å². The van der Waals surface area contributed by atoms with Crippen molar-refractivity contribution in [2.45, 2.75) is 6.54 Å². The first kappa shape index (κ1) is 14.3. The van der Waals surface area contributed by atoms with Crippen molar-refractivity contribution in [2.24, 2.45) is 0 Å². The predicted molar refractivity (Wildman–Crippen MR) is 79.1 cm³/mol. The third-order valence-electron chi connectivity index (χ3n) is 3.50. The van der Waals surface area contributed by atoms with Gasteiger partial charge in [0.15, 0.2) is 0 Å². The standard InChI is InChI=1S/C16H10ClNO4/c17-13-6-5-9(16(21)22)7-10(13)8-18-14(19)11-3-1-2-4-12(11)15(18)20/h1-7H,8H2,(H,21,22). The van der Waals surface area contributed by atoms with E-state index in [1.54, 1.807) is 24.3 Å². The first-order valence-corrected chi connectivity index (χ1v) is 6.84. The molecule has 0 radical (unpaired) electrons. The third-order valence-corrected chi connectivity index (χ3v) is 3.87. The van der Waals surface area contributed by atoms with Gasteiger partial charge in [0.05, 0.1) is 23.2 Å². The fourth-order valence-electron chi connectivity index (χ4n) is 2.38. The van der Waals surface area contributed by atoms with Crippen molar-refractivity contribution in [1.82, 2.24) is 4.90 Å². The van der Waals surface area contributed by atoms with Crippen molar-refractivity contribution >= 4 is 29.4 Å². The van der Waals surface area contributed by atoms with Gasteiger partial charge >= 0.3 is 5.97 Å². The second-order valence-corrected chi connectivity index (χ2v) is 5.26. The quantitative estimate of drug-likeness (QED) is 0.884. The van der Waals surface area contributed by atoms with Crippen LogP contribution >= 0.6 is 11.6 Å². The van der Waals surface area contributed by atoms with Gasteiger partial charge in [-0.05, 0) is 35.9 Å². The third kappa shape index (κ3) is 2.25. The van der Waals surface area contributed by atoms with Gasteiger partial charge in [0.25, 0.3) is 11.8 Å². The average molecular weight is 316 g/mol. The molecule has 0 fully saturated rings. The van der Waals surface area contributed by atoms with Crippen LogP contribution in [0.1, 0.15) is 36.6 Å². The molecule has 0 aliphatic carbocycles. The predicted octanol–water partition coefficient (Wildman–Crippen LogP) is 2.83. The van der Waals surface area contributed by atoms with Gasteiger partial charge in [-0.3, -0.25) is 14.5 Å². The Labute approximate surface area is 130 Å². The molecule has 0 bridgehead atoms. The summed E-state index contributed by atoms with van der Waals surface area (Å²) in [6.45, 7) is -0.0632. The Morgan fingerprint density at radius 1 is 1.05 bits per heavy atom. The molecule has 110 valence electrons. The van der Waals surface area contributed by atoms with E-state index in [0.29, 0.717) is 21.7 Å². The number of nitrogens with zero attached hydrogens (tertiary/aromatic N) is 1. The van der Waals surface area contributed by atoms with E-state index >= 15 is 0 Å². The number of benzene rings is 2. The molecule has 0 saturated heterocycles. The first-order valence-electron chi connectivity index (χ1n) is 6.46. The molecule has 2 aromatic carbocycles. The maximum absolute atomic E-state index is 12.3. The Kier molecular flexibility index (Phi) is 3.42. The van der Waals surface area contributed by atoms with Crippen LogP contribution in [0, 0.1) is 0 Å². The lowest BCUT2D eigenvalue weighted by molar-refractivity contribution is 0.0641. The van der Waals surface area contributed by atoms with Gasteiger partial charge in [-0.15, -0.1) is 0 Å². The van der Waals surface area contributed by atoms with Crippen LogP contribution in [0.3, 0.4) is 0 Å². The van der Waals surface area contributed by atoms with Crippen LogP contribution in [0.5, 0.6) is 0 Å². The van der Waals surface area contributed by atoms with Crippen molar-refractivity contribution in [2.75, 3.05) is 0 Å². The minimum atomic E-state index is -1.10. The summed E-state index contributed by atoms with van der Waals surface area (Å²) in [5.74, 6) is -1.91. The molecule has 22 heavy (non-hydrogen) atoms. The molecular weight excluding hydrogens is 306 g/mol. The number of hydrogen-bond acceptors (Lipinski definition) is 3. The lowest BCUT2D eigenvalue weighted by atomic mass is 10.1. The van der Waals surface area contributed by atoms with Crippen molar-refractivity contribution in [3.05, 3.63) is 69.7 Å². The highest BCUT2D eigenvalue weighted by molar-refractivity contribution is 6.31. The van der Waals surface area contributed by atoms with Crippen LogP contribution in [0.4, 0.5) is 0 Å². The average Bonchev–Trinajstić information content (AvgIpc) is 2.74. The molecule has 0 saturated carbocycles. The summed E-state index contributed by atoms with van der Waals surface area (Å²) in [5.41, 5.74) is 1.16. The zero-order valence-corrected chi connectivity index (χ0v) is 12.0. The number of carbonyl (C=O) groups is 3. The Bertz CT molecular complexity index is 781. The van der Waals surface area contributed by atoms with Gasteiger partial charge in [-0.2, -0.15) is 0 Å². The van der Waals surface area contributed by atoms with Crippen LogP contribution < -0.4 is 0 Å². The number of rotatable bonds is 3. The molecule has 1 N–H and O–H groups in total. The first-order chi connectivity index (χ1) is 10.5. The summed E-state index contributed by atoms with van der Waals surface area (Å²) in [6, 6.07) is 10.7. The number of hydrogen-bond donors (Lipinski definition) is 1. The minimum absolute atomic E-state index is 0.0519. The van der Waals surface area contributed by atoms with E-state index < -0.39 is 17.8 Å². The molecule has 1 heterocycles. The molecule has 2 aromatic rings. The highest BCUT2D eigenvalue weighted by atomic mass is 35.5. The minimum Gasteiger partial charge on any atom is -0.478 e. The maximum atomic E-state index is 12.3. The number of imide groups is 1. The molecule has 0 spiro atoms. The van der Waals surface area contributed by atoms with Crippen LogP contribution in [0.15, 0.2) is 42.5 Å². The van der Waals surface area contributed by atoms with E-state index in [9.17, 15) is 14.4 Å². The number of amides is 2. The Morgan fingerprint density at radius 3 is 2.18 bits per heavy atom. The smallest absolute Gasteiger partial charge is 0.335 e. The fourth-order valence-corrected chi connectivity index (χ4v) is 2.56. The summed E-state index contributed by atoms with van der Waals surface area (Å²) >= 11 is 6.04. The zero-order valence-electron chi connectivity index (χ0n) is 11.2. The lowest BCUT2D eigenvalue weighted by Gasteiger charge is -2.15. The van der Waals surface area contributed by atoms with Crippen molar-refractivity contribution < 1.29 is 19.5 Å². The highest BCUT2D eigenvalue weighted by Gasteiger charge is 2.35. The Balaban J connectivity index is 1.95. The van der Waals surface area contributed by atoms with Gasteiger partial charge in [-0.25, -0.2) is 4.79 Å². The van der Waals surface area contributed by atoms with Gasteiger partial charge < -0.3 is 5.11 Å². The second kappa shape index (κ2) is 5.27. The topological polar surface area (TPSA) is 74.7 Å². The molecule has 6 heteroatoms. The zero-order chi connectivity index (χ0) is 15.9. The normalized spacial score (nSPS) is 13.4. The highest BCUT2D eigenvalue weighted by Crippen LogP contribution is 2.27. The van der Waals surface area contributed by atoms with E-state index in [4.69, 9.17) is 16.7 Å². The van der Waals surface area contributed by atoms with Crippen molar-refractivity contribution in [1.29, 1.82) is 0 Å². The summed E-state index contributed by atoms with van der Waals surface area (Å²) in [6.07, 6.45) is 0. The van der Waals surface area contributed by atoms with E-state index in [1.165, 1.54) is 18.2 Å². The SMILES string of the molecule is O=C(O)c1ccc(Cl)c(CN2C(=O)c3ccccc3C2=O)c1. The molecule has 1 aliphatic rings. The Hall–Kier alpha value is -2.66. The Morgan fingerprint density at radius 2 is 1.64 bits per heavy atom. The summed E-state index contributed by atoms with van der Waals surface area (Å²) < 4.78 is 0. The molecule has 0 atom stereocenters. The van der Waals surface area contributed by atoms with Gasteiger partial charge in [0.1, 0.15) is 0 Å². The number of carboxylic acid groups (broad SMARTS) is 1. The molecule has 3 rings (SSSR count). The van der Waals surface area contributed by atoms with Crippen molar-refractivity contribution in [3.63, 3.8) is 0 Å². The molecule has 5 nitrogen and oxygen atoms in total. The monoisotopic (exact) mass is 315 g/mol. The van der Waals surface area contributed by atoms with E-state index in [2.05, 4.69) is 0 Å². The van der Waals surface area contributed by atoms with E-state index in [1.807, 2.05) is 0 Å². The van der Waals surface area contributed by atoms with Crippen LogP contribution in [-0.4, -0.2) is 27.8 Å². The number of carbonyl (C=O) groups excluding carboxylic acids is 2. The largest absolute Gasteiger partial charge is 0.478 e. The molecule has 0 aromatic heterocycles. The van der Waals surface area contributed by atoms with Crippen LogP contribution in [0.2, 0.25) is 5.02 Å². The fraction of sp³-hybridized carbons (Fsp3) is 0.0625. The number of halogens is 1. The lowest BCUT2D eigenvalue weighted by Crippen LogP contribution is -2.29. The molecular formula is C16H10ClNO4. The summed E-state index contributed by atoms with van der Waals surface area (Å²) in [4.78, 5) is 36.7. The summed E-state index contributed by atoms with van der Waals surface area (Å²) in [7, 11) is 0.